The van der Waals surface area contributed by atoms with Gasteiger partial charge in [-0.15, -0.1) is 0 Å². The largest absolute Gasteiger partial charge is 0.512 e. The van der Waals surface area contributed by atoms with Crippen molar-refractivity contribution in [3.05, 3.63) is 74.5 Å². The maximum atomic E-state index is 11.8. The quantitative estimate of drug-likeness (QED) is 0.766. The average molecular weight is 351 g/mol. The van der Waals surface area contributed by atoms with Gasteiger partial charge in [-0.3, -0.25) is 4.79 Å². The first-order valence-corrected chi connectivity index (χ1v) is 8.33. The zero-order valence-electron chi connectivity index (χ0n) is 13.9. The van der Waals surface area contributed by atoms with E-state index in [0.29, 0.717) is 42.0 Å². The SMILES string of the molecule is NC1=CCC(c2c3ccc(=O)cc-3oc3c2CCC(O)=C3)C(C(=O)O)=C1. The monoisotopic (exact) mass is 351 g/mol. The minimum Gasteiger partial charge on any atom is -0.512 e. The third kappa shape index (κ3) is 2.60. The molecule has 4 aliphatic rings. The highest BCUT2D eigenvalue weighted by atomic mass is 16.4. The number of hydrogen-bond acceptors (Lipinski definition) is 5. The number of carbonyl (C=O) groups is 1. The Bertz CT molecular complexity index is 1040. The summed E-state index contributed by atoms with van der Waals surface area (Å²) < 4.78 is 5.84. The molecule has 1 heterocycles. The molecule has 0 fully saturated rings. The lowest BCUT2D eigenvalue weighted by Crippen LogP contribution is -2.20. The Balaban J connectivity index is 2.02. The summed E-state index contributed by atoms with van der Waals surface area (Å²) >= 11 is 0. The van der Waals surface area contributed by atoms with Crippen LogP contribution in [0.15, 0.2) is 56.6 Å². The van der Waals surface area contributed by atoms with E-state index in [1.807, 2.05) is 0 Å². The number of benzene rings is 1. The van der Waals surface area contributed by atoms with E-state index in [1.54, 1.807) is 12.1 Å². The molecule has 3 aliphatic carbocycles. The van der Waals surface area contributed by atoms with Crippen LogP contribution in [0.4, 0.5) is 0 Å². The molecular weight excluding hydrogens is 334 g/mol. The van der Waals surface area contributed by atoms with Gasteiger partial charge in [0.25, 0.3) is 0 Å². The maximum Gasteiger partial charge on any atom is 0.332 e. The number of nitrogens with two attached hydrogens (primary N) is 1. The van der Waals surface area contributed by atoms with Gasteiger partial charge < -0.3 is 20.4 Å². The summed E-state index contributed by atoms with van der Waals surface area (Å²) in [6.07, 6.45) is 6.26. The summed E-state index contributed by atoms with van der Waals surface area (Å²) in [4.78, 5) is 23.6. The molecule has 0 aromatic carbocycles. The number of fused-ring (bicyclic) bond motifs is 2. The molecule has 6 nitrogen and oxygen atoms in total. The van der Waals surface area contributed by atoms with Crippen molar-refractivity contribution in [2.24, 2.45) is 5.73 Å². The fourth-order valence-corrected chi connectivity index (χ4v) is 3.74. The number of allylic oxidation sites excluding steroid dienone is 3. The highest BCUT2D eigenvalue weighted by Crippen LogP contribution is 2.44. The molecule has 1 unspecified atom stereocenters. The fourth-order valence-electron chi connectivity index (χ4n) is 3.74. The van der Waals surface area contributed by atoms with Gasteiger partial charge in [0.05, 0.1) is 5.76 Å². The van der Waals surface area contributed by atoms with Crippen LogP contribution < -0.4 is 11.2 Å². The molecule has 26 heavy (non-hydrogen) atoms. The van der Waals surface area contributed by atoms with E-state index < -0.39 is 11.9 Å². The second-order valence-electron chi connectivity index (χ2n) is 6.55. The first-order chi connectivity index (χ1) is 12.4. The minimum absolute atomic E-state index is 0.196. The topological polar surface area (TPSA) is 114 Å². The molecule has 6 heteroatoms. The van der Waals surface area contributed by atoms with Gasteiger partial charge in [0.2, 0.25) is 0 Å². The van der Waals surface area contributed by atoms with Crippen LogP contribution in [0.5, 0.6) is 0 Å². The molecule has 0 aromatic heterocycles. The van der Waals surface area contributed by atoms with E-state index in [0.717, 1.165) is 11.1 Å². The van der Waals surface area contributed by atoms with Crippen molar-refractivity contribution >= 4 is 12.0 Å². The third-order valence-electron chi connectivity index (χ3n) is 4.90. The Morgan fingerprint density at radius 2 is 2.04 bits per heavy atom. The van der Waals surface area contributed by atoms with Crippen LogP contribution in [-0.4, -0.2) is 16.2 Å². The van der Waals surface area contributed by atoms with Crippen LogP contribution in [-0.2, 0) is 11.2 Å². The Morgan fingerprint density at radius 3 is 2.81 bits per heavy atom. The Kier molecular flexibility index (Phi) is 3.68. The van der Waals surface area contributed by atoms with E-state index in [1.165, 1.54) is 24.3 Å². The van der Waals surface area contributed by atoms with Crippen LogP contribution in [0.1, 0.15) is 35.6 Å². The van der Waals surface area contributed by atoms with Crippen LogP contribution in [0.2, 0.25) is 0 Å². The van der Waals surface area contributed by atoms with E-state index in [9.17, 15) is 19.8 Å². The van der Waals surface area contributed by atoms with Gasteiger partial charge in [-0.25, -0.2) is 4.79 Å². The molecule has 0 saturated carbocycles. The number of rotatable bonds is 2. The number of aliphatic hydroxyl groups excluding tert-OH is 1. The van der Waals surface area contributed by atoms with E-state index in [4.69, 9.17) is 10.2 Å². The molecule has 4 rings (SSSR count). The zero-order valence-corrected chi connectivity index (χ0v) is 13.9. The number of aliphatic hydroxyl groups is 1. The predicted octanol–water partition coefficient (Wildman–Crippen LogP) is 2.93. The van der Waals surface area contributed by atoms with Gasteiger partial charge in [0.15, 0.2) is 5.43 Å². The highest BCUT2D eigenvalue weighted by Gasteiger charge is 2.32. The summed E-state index contributed by atoms with van der Waals surface area (Å²) in [6.45, 7) is 0. The summed E-state index contributed by atoms with van der Waals surface area (Å²) in [6, 6.07) is 4.51. The van der Waals surface area contributed by atoms with Crippen molar-refractivity contribution in [2.45, 2.75) is 25.2 Å². The maximum absolute atomic E-state index is 11.8. The average Bonchev–Trinajstić information content (AvgIpc) is 2.59. The van der Waals surface area contributed by atoms with Crippen molar-refractivity contribution < 1.29 is 19.4 Å². The summed E-state index contributed by atoms with van der Waals surface area (Å²) in [5.41, 5.74) is 8.65. The number of hydrogen-bond donors (Lipinski definition) is 3. The predicted molar refractivity (Wildman–Crippen MR) is 95.9 cm³/mol. The molecular formula is C20H17NO5. The number of aliphatic carboxylic acids is 1. The molecule has 0 radical (unpaired) electrons. The van der Waals surface area contributed by atoms with Crippen LogP contribution in [0.3, 0.4) is 0 Å². The van der Waals surface area contributed by atoms with Crippen molar-refractivity contribution in [1.82, 2.24) is 0 Å². The molecule has 0 aromatic rings. The molecule has 0 spiro atoms. The van der Waals surface area contributed by atoms with Gasteiger partial charge in [-0.05, 0) is 42.2 Å². The van der Waals surface area contributed by atoms with Gasteiger partial charge in [0.1, 0.15) is 11.5 Å². The lowest BCUT2D eigenvalue weighted by Gasteiger charge is -2.28. The third-order valence-corrected chi connectivity index (χ3v) is 4.90. The normalized spacial score (nSPS) is 19.4. The molecule has 0 saturated heterocycles. The zero-order chi connectivity index (χ0) is 18.4. The molecule has 1 atom stereocenters. The Hall–Kier alpha value is -3.28. The van der Waals surface area contributed by atoms with Gasteiger partial charge >= 0.3 is 5.97 Å². The van der Waals surface area contributed by atoms with Gasteiger partial charge in [-0.2, -0.15) is 0 Å². The standard InChI is InChI=1S/C20H17NO5/c21-10-1-4-13(16(7-10)20(24)25)19-14-5-2-11(22)8-17(14)26-18-9-12(23)3-6-15(18)19/h1-2,5,7-9,13,23H,3-4,6,21H2,(H,24,25). The summed E-state index contributed by atoms with van der Waals surface area (Å²) in [7, 11) is 0. The first kappa shape index (κ1) is 16.2. The van der Waals surface area contributed by atoms with Crippen LogP contribution in [0.25, 0.3) is 17.4 Å². The molecule has 132 valence electrons. The number of carboxylic acids is 1. The fraction of sp³-hybridized carbons (Fsp3) is 0.200. The van der Waals surface area contributed by atoms with Crippen molar-refractivity contribution in [1.29, 1.82) is 0 Å². The first-order valence-electron chi connectivity index (χ1n) is 8.33. The molecule has 4 N–H and O–H groups in total. The van der Waals surface area contributed by atoms with Crippen LogP contribution >= 0.6 is 0 Å². The minimum atomic E-state index is -1.02. The molecule has 1 aliphatic heterocycles. The molecule has 0 bridgehead atoms. The van der Waals surface area contributed by atoms with Gasteiger partial charge in [0, 0.05) is 41.3 Å². The van der Waals surface area contributed by atoms with Crippen molar-refractivity contribution in [3.8, 4) is 11.3 Å². The summed E-state index contributed by atoms with van der Waals surface area (Å²) in [5.74, 6) is -0.382. The van der Waals surface area contributed by atoms with E-state index >= 15 is 0 Å². The Morgan fingerprint density at radius 1 is 1.23 bits per heavy atom. The van der Waals surface area contributed by atoms with Gasteiger partial charge in [-0.1, -0.05) is 6.08 Å². The van der Waals surface area contributed by atoms with Crippen molar-refractivity contribution in [2.75, 3.05) is 0 Å². The van der Waals surface area contributed by atoms with Crippen molar-refractivity contribution in [3.63, 3.8) is 0 Å². The second kappa shape index (κ2) is 5.91. The Labute approximate surface area is 148 Å². The number of carboxylic acid groups (broad SMARTS) is 1. The molecule has 0 amide bonds. The summed E-state index contributed by atoms with van der Waals surface area (Å²) in [5, 5.41) is 19.5. The van der Waals surface area contributed by atoms with E-state index in [2.05, 4.69) is 0 Å². The second-order valence-corrected chi connectivity index (χ2v) is 6.55. The van der Waals surface area contributed by atoms with Crippen LogP contribution in [0, 0.1) is 0 Å². The van der Waals surface area contributed by atoms with E-state index in [-0.39, 0.29) is 16.8 Å². The lowest BCUT2D eigenvalue weighted by atomic mass is 9.77. The lowest BCUT2D eigenvalue weighted by molar-refractivity contribution is -0.133. The highest BCUT2D eigenvalue weighted by molar-refractivity contribution is 5.90. The smallest absolute Gasteiger partial charge is 0.332 e.